The molecule has 0 aliphatic rings. The van der Waals surface area contributed by atoms with Crippen LogP contribution in [0.4, 0.5) is 0 Å². The van der Waals surface area contributed by atoms with Crippen LogP contribution in [0, 0.1) is 6.92 Å². The topological polar surface area (TPSA) is 80.4 Å². The average molecular weight is 271 g/mol. The fourth-order valence-corrected chi connectivity index (χ4v) is 1.67. The van der Waals surface area contributed by atoms with Gasteiger partial charge in [0.15, 0.2) is 5.82 Å². The SMILES string of the molecule is CCCCCCOCC(O)CNCc1nc(C)no1. The minimum atomic E-state index is -0.504. The van der Waals surface area contributed by atoms with Crippen molar-refractivity contribution in [2.75, 3.05) is 19.8 Å². The van der Waals surface area contributed by atoms with Gasteiger partial charge >= 0.3 is 0 Å². The summed E-state index contributed by atoms with van der Waals surface area (Å²) in [5.74, 6) is 1.15. The van der Waals surface area contributed by atoms with Crippen molar-refractivity contribution in [1.29, 1.82) is 0 Å². The Labute approximate surface area is 114 Å². The van der Waals surface area contributed by atoms with Gasteiger partial charge in [-0.15, -0.1) is 0 Å². The van der Waals surface area contributed by atoms with Gasteiger partial charge in [0, 0.05) is 13.2 Å². The van der Waals surface area contributed by atoms with Crippen LogP contribution >= 0.6 is 0 Å². The maximum atomic E-state index is 9.68. The zero-order valence-corrected chi connectivity index (χ0v) is 11.9. The van der Waals surface area contributed by atoms with Crippen molar-refractivity contribution < 1.29 is 14.4 Å². The van der Waals surface area contributed by atoms with Gasteiger partial charge in [0.25, 0.3) is 0 Å². The monoisotopic (exact) mass is 271 g/mol. The predicted molar refractivity (Wildman–Crippen MR) is 71.7 cm³/mol. The Morgan fingerprint density at radius 2 is 2.21 bits per heavy atom. The molecule has 0 saturated heterocycles. The number of hydrogen-bond acceptors (Lipinski definition) is 6. The first-order valence-corrected chi connectivity index (χ1v) is 6.98. The van der Waals surface area contributed by atoms with Crippen LogP contribution in [-0.2, 0) is 11.3 Å². The van der Waals surface area contributed by atoms with Crippen LogP contribution in [0.5, 0.6) is 0 Å². The molecule has 2 N–H and O–H groups in total. The summed E-state index contributed by atoms with van der Waals surface area (Å²) in [6.07, 6.45) is 4.23. The van der Waals surface area contributed by atoms with Gasteiger partial charge in [-0.25, -0.2) is 0 Å². The first-order valence-electron chi connectivity index (χ1n) is 6.98. The van der Waals surface area contributed by atoms with E-state index in [0.717, 1.165) is 13.0 Å². The maximum Gasteiger partial charge on any atom is 0.240 e. The van der Waals surface area contributed by atoms with E-state index in [1.165, 1.54) is 19.3 Å². The highest BCUT2D eigenvalue weighted by Gasteiger charge is 2.06. The van der Waals surface area contributed by atoms with Crippen molar-refractivity contribution in [3.8, 4) is 0 Å². The summed E-state index contributed by atoms with van der Waals surface area (Å²) in [4.78, 5) is 4.06. The quantitative estimate of drug-likeness (QED) is 0.593. The van der Waals surface area contributed by atoms with Crippen molar-refractivity contribution in [1.82, 2.24) is 15.5 Å². The second-order valence-electron chi connectivity index (χ2n) is 4.66. The van der Waals surface area contributed by atoms with Crippen LogP contribution in [0.3, 0.4) is 0 Å². The fraction of sp³-hybridized carbons (Fsp3) is 0.846. The zero-order chi connectivity index (χ0) is 13.9. The second kappa shape index (κ2) is 9.89. The molecule has 0 spiro atoms. The summed E-state index contributed by atoms with van der Waals surface area (Å²) in [7, 11) is 0. The highest BCUT2D eigenvalue weighted by molar-refractivity contribution is 4.81. The largest absolute Gasteiger partial charge is 0.389 e. The Morgan fingerprint density at radius 3 is 2.89 bits per heavy atom. The van der Waals surface area contributed by atoms with E-state index in [-0.39, 0.29) is 0 Å². The number of rotatable bonds is 11. The molecule has 0 aromatic carbocycles. The number of aliphatic hydroxyl groups is 1. The number of nitrogens with one attached hydrogen (secondary N) is 1. The molecule has 6 nitrogen and oxygen atoms in total. The Hall–Kier alpha value is -0.980. The lowest BCUT2D eigenvalue weighted by Gasteiger charge is -2.11. The fourth-order valence-electron chi connectivity index (χ4n) is 1.67. The number of hydrogen-bond donors (Lipinski definition) is 2. The van der Waals surface area contributed by atoms with E-state index in [2.05, 4.69) is 22.4 Å². The molecule has 0 aliphatic heterocycles. The predicted octanol–water partition coefficient (Wildman–Crippen LogP) is 1.43. The first-order chi connectivity index (χ1) is 9.22. The Kier molecular flexibility index (Phi) is 8.36. The van der Waals surface area contributed by atoms with E-state index < -0.39 is 6.10 Å². The van der Waals surface area contributed by atoms with Gasteiger partial charge < -0.3 is 19.7 Å². The summed E-state index contributed by atoms with van der Waals surface area (Å²) < 4.78 is 10.4. The standard InChI is InChI=1S/C13H25N3O3/c1-3-4-5-6-7-18-10-12(17)8-14-9-13-15-11(2)16-19-13/h12,14,17H,3-10H2,1-2H3. The number of nitrogens with zero attached hydrogens (tertiary/aromatic N) is 2. The van der Waals surface area contributed by atoms with Gasteiger partial charge in [0.1, 0.15) is 0 Å². The third-order valence-electron chi connectivity index (χ3n) is 2.68. The van der Waals surface area contributed by atoms with E-state index in [1.807, 2.05) is 0 Å². The zero-order valence-electron chi connectivity index (χ0n) is 11.9. The number of aliphatic hydroxyl groups excluding tert-OH is 1. The van der Waals surface area contributed by atoms with E-state index in [9.17, 15) is 5.11 Å². The molecule has 1 rings (SSSR count). The molecule has 0 amide bonds. The lowest BCUT2D eigenvalue weighted by Crippen LogP contribution is -2.30. The van der Waals surface area contributed by atoms with Gasteiger partial charge in [0.05, 0.1) is 19.3 Å². The van der Waals surface area contributed by atoms with Crippen LogP contribution in [0.15, 0.2) is 4.52 Å². The number of unbranched alkanes of at least 4 members (excludes halogenated alkanes) is 3. The molecule has 0 aliphatic carbocycles. The minimum absolute atomic E-state index is 0.363. The lowest BCUT2D eigenvalue weighted by molar-refractivity contribution is 0.0350. The van der Waals surface area contributed by atoms with Crippen molar-refractivity contribution in [3.63, 3.8) is 0 Å². The normalized spacial score (nSPS) is 12.8. The molecule has 6 heteroatoms. The number of aromatic nitrogens is 2. The Balaban J connectivity index is 1.94. The molecule has 1 atom stereocenters. The molecule has 1 heterocycles. The van der Waals surface area contributed by atoms with Crippen LogP contribution in [0.1, 0.15) is 44.3 Å². The van der Waals surface area contributed by atoms with Crippen molar-refractivity contribution in [2.24, 2.45) is 0 Å². The van der Waals surface area contributed by atoms with Gasteiger partial charge in [-0.05, 0) is 13.3 Å². The summed E-state index contributed by atoms with van der Waals surface area (Å²) in [5.41, 5.74) is 0. The van der Waals surface area contributed by atoms with Crippen molar-refractivity contribution >= 4 is 0 Å². The van der Waals surface area contributed by atoms with Gasteiger partial charge in [-0.2, -0.15) is 4.98 Å². The third kappa shape index (κ3) is 7.92. The highest BCUT2D eigenvalue weighted by Crippen LogP contribution is 1.99. The molecule has 0 radical (unpaired) electrons. The number of ether oxygens (including phenoxy) is 1. The molecule has 0 fully saturated rings. The third-order valence-corrected chi connectivity index (χ3v) is 2.68. The summed E-state index contributed by atoms with van der Waals surface area (Å²) in [5, 5.41) is 16.4. The van der Waals surface area contributed by atoms with Crippen LogP contribution in [0.25, 0.3) is 0 Å². The Morgan fingerprint density at radius 1 is 1.37 bits per heavy atom. The Bertz CT molecular complexity index is 331. The van der Waals surface area contributed by atoms with E-state index in [0.29, 0.717) is 31.4 Å². The van der Waals surface area contributed by atoms with Crippen LogP contribution < -0.4 is 5.32 Å². The van der Waals surface area contributed by atoms with Crippen molar-refractivity contribution in [2.45, 2.75) is 52.2 Å². The molecule has 19 heavy (non-hydrogen) atoms. The molecule has 1 aromatic heterocycles. The molecular formula is C13H25N3O3. The molecular weight excluding hydrogens is 246 g/mol. The van der Waals surface area contributed by atoms with Gasteiger partial charge in [0.2, 0.25) is 5.89 Å². The summed E-state index contributed by atoms with van der Waals surface area (Å²) >= 11 is 0. The van der Waals surface area contributed by atoms with E-state index in [1.54, 1.807) is 6.92 Å². The van der Waals surface area contributed by atoms with Gasteiger partial charge in [-0.3, -0.25) is 0 Å². The smallest absolute Gasteiger partial charge is 0.240 e. The molecule has 1 unspecified atom stereocenters. The van der Waals surface area contributed by atoms with E-state index in [4.69, 9.17) is 9.26 Å². The molecule has 0 saturated carbocycles. The summed E-state index contributed by atoms with van der Waals surface area (Å²) in [6, 6.07) is 0. The van der Waals surface area contributed by atoms with Crippen molar-refractivity contribution in [3.05, 3.63) is 11.7 Å². The summed E-state index contributed by atoms with van der Waals surface area (Å²) in [6.45, 7) is 5.96. The maximum absolute atomic E-state index is 9.68. The number of aryl methyl sites for hydroxylation is 1. The second-order valence-corrected chi connectivity index (χ2v) is 4.66. The molecule has 1 aromatic rings. The van der Waals surface area contributed by atoms with Crippen LogP contribution in [0.2, 0.25) is 0 Å². The van der Waals surface area contributed by atoms with Crippen LogP contribution in [-0.4, -0.2) is 41.1 Å². The highest BCUT2D eigenvalue weighted by atomic mass is 16.5. The van der Waals surface area contributed by atoms with Gasteiger partial charge in [-0.1, -0.05) is 31.3 Å². The lowest BCUT2D eigenvalue weighted by atomic mass is 10.2. The first kappa shape index (κ1) is 16.1. The average Bonchev–Trinajstić information content (AvgIpc) is 2.79. The minimum Gasteiger partial charge on any atom is -0.389 e. The molecule has 0 bridgehead atoms. The molecule has 110 valence electrons. The van der Waals surface area contributed by atoms with E-state index >= 15 is 0 Å².